The van der Waals surface area contributed by atoms with E-state index in [0.29, 0.717) is 26.1 Å². The normalized spacial score (nSPS) is 12.1. The van der Waals surface area contributed by atoms with Crippen molar-refractivity contribution >= 4 is 11.9 Å². The fourth-order valence-corrected chi connectivity index (χ4v) is 6.17. The molecule has 0 heterocycles. The molecule has 0 spiro atoms. The molecule has 0 saturated heterocycles. The van der Waals surface area contributed by atoms with E-state index in [4.69, 9.17) is 9.47 Å². The third-order valence-electron chi connectivity index (χ3n) is 9.56. The van der Waals surface area contributed by atoms with Crippen LogP contribution in [-0.2, 0) is 19.1 Å². The van der Waals surface area contributed by atoms with Gasteiger partial charge >= 0.3 is 11.9 Å². The first-order chi connectivity index (χ1) is 25.6. The summed E-state index contributed by atoms with van der Waals surface area (Å²) in [6.07, 6.45) is 53.0. The molecule has 0 bridgehead atoms. The molecule has 0 fully saturated rings. The highest BCUT2D eigenvalue weighted by molar-refractivity contribution is 5.69. The van der Waals surface area contributed by atoms with Gasteiger partial charge in [0.15, 0.2) is 0 Å². The summed E-state index contributed by atoms with van der Waals surface area (Å²) < 4.78 is 10.9. The minimum atomic E-state index is -0.0624. The first-order valence-electron chi connectivity index (χ1n) is 22.2. The number of hydrogen-bond donors (Lipinski definition) is 0. The summed E-state index contributed by atoms with van der Waals surface area (Å²) in [5, 5.41) is 0. The number of esters is 2. The molecule has 0 N–H and O–H groups in total. The van der Waals surface area contributed by atoms with E-state index in [2.05, 4.69) is 74.4 Å². The number of rotatable bonds is 40. The third kappa shape index (κ3) is 42.3. The largest absolute Gasteiger partial charge is 0.466 e. The number of carbonyl (C=O) groups excluding carboxylic acids is 2. The summed E-state index contributed by atoms with van der Waals surface area (Å²) in [7, 11) is 2.07. The summed E-state index contributed by atoms with van der Waals surface area (Å²) >= 11 is 0. The molecule has 0 atom stereocenters. The molecule has 0 aromatic heterocycles. The first-order valence-corrected chi connectivity index (χ1v) is 22.2. The van der Waals surface area contributed by atoms with Crippen LogP contribution in [0, 0.1) is 0 Å². The van der Waals surface area contributed by atoms with Gasteiger partial charge in [0.2, 0.25) is 0 Å². The minimum absolute atomic E-state index is 0.0624. The Hall–Kier alpha value is -2.14. The number of allylic oxidation sites excluding steroid dienone is 8. The van der Waals surface area contributed by atoms with E-state index in [1.807, 2.05) is 0 Å². The monoisotopic (exact) mass is 728 g/mol. The molecule has 5 heteroatoms. The molecule has 52 heavy (non-hydrogen) atoms. The topological polar surface area (TPSA) is 55.8 Å². The maximum atomic E-state index is 12.1. The van der Waals surface area contributed by atoms with Gasteiger partial charge in [0.1, 0.15) is 0 Å². The summed E-state index contributed by atoms with van der Waals surface area (Å²) in [5.74, 6) is -0.125. The van der Waals surface area contributed by atoms with E-state index in [1.54, 1.807) is 0 Å². The van der Waals surface area contributed by atoms with Gasteiger partial charge in [-0.25, -0.2) is 0 Å². The zero-order valence-corrected chi connectivity index (χ0v) is 34.7. The average Bonchev–Trinajstić information content (AvgIpc) is 3.14. The van der Waals surface area contributed by atoms with Gasteiger partial charge in [0.05, 0.1) is 13.2 Å². The van der Waals surface area contributed by atoms with E-state index >= 15 is 0 Å². The van der Waals surface area contributed by atoms with E-state index in [-0.39, 0.29) is 11.9 Å². The van der Waals surface area contributed by atoms with Crippen molar-refractivity contribution in [1.82, 2.24) is 4.90 Å². The van der Waals surface area contributed by atoms with Crippen molar-refractivity contribution in [2.75, 3.05) is 33.4 Å². The standard InChI is InChI=1S/C47H85NO4/c1-4-6-8-10-12-14-16-18-20-22-24-26-28-30-32-34-36-40-46(49)51-44-38-42-48(3)43-39-45-52-47(50)41-37-35-33-31-29-27-25-23-21-19-17-15-13-11-9-7-5-2/h12-15,18-21H,4-11,16-17,22-45H2,1-3H3/b14-12-,15-13-,20-18-,21-19-. The summed E-state index contributed by atoms with van der Waals surface area (Å²) in [5.41, 5.74) is 0. The quantitative estimate of drug-likeness (QED) is 0.0357. The Morgan fingerprint density at radius 3 is 1.06 bits per heavy atom. The van der Waals surface area contributed by atoms with Crippen LogP contribution in [0.4, 0.5) is 0 Å². The second-order valence-corrected chi connectivity index (χ2v) is 14.8. The van der Waals surface area contributed by atoms with E-state index in [0.717, 1.165) is 64.5 Å². The zero-order chi connectivity index (χ0) is 37.8. The Morgan fingerprint density at radius 1 is 0.404 bits per heavy atom. The van der Waals surface area contributed by atoms with Crippen LogP contribution in [0.15, 0.2) is 48.6 Å². The Balaban J connectivity index is 3.42. The molecule has 0 aromatic rings. The molecule has 0 aliphatic rings. The van der Waals surface area contributed by atoms with Gasteiger partial charge in [-0.1, -0.05) is 152 Å². The van der Waals surface area contributed by atoms with Gasteiger partial charge in [-0.2, -0.15) is 0 Å². The number of ether oxygens (including phenoxy) is 2. The van der Waals surface area contributed by atoms with Crippen LogP contribution in [0.5, 0.6) is 0 Å². The molecular formula is C47H85NO4. The van der Waals surface area contributed by atoms with Crippen LogP contribution in [0.3, 0.4) is 0 Å². The Bertz CT molecular complexity index is 807. The van der Waals surface area contributed by atoms with Gasteiger partial charge in [0.25, 0.3) is 0 Å². The van der Waals surface area contributed by atoms with Crippen LogP contribution in [-0.4, -0.2) is 50.2 Å². The SMILES string of the molecule is CCCCC/C=C\C/C=C\CCCCCCCCCC(=O)OCCCN(C)CCCOC(=O)CCCCCCCCC/C=C\C/C=C\CCCCC. The fraction of sp³-hybridized carbons (Fsp3) is 0.787. The Kier molecular flexibility index (Phi) is 41.5. The van der Waals surface area contributed by atoms with Gasteiger partial charge in [0, 0.05) is 25.9 Å². The highest BCUT2D eigenvalue weighted by Crippen LogP contribution is 2.12. The fourth-order valence-electron chi connectivity index (χ4n) is 6.17. The maximum Gasteiger partial charge on any atom is 0.305 e. The van der Waals surface area contributed by atoms with Crippen LogP contribution in [0.25, 0.3) is 0 Å². The molecular weight excluding hydrogens is 643 g/mol. The molecule has 0 unspecified atom stereocenters. The van der Waals surface area contributed by atoms with Gasteiger partial charge in [-0.05, 0) is 96.9 Å². The molecule has 0 rings (SSSR count). The second kappa shape index (κ2) is 43.3. The maximum absolute atomic E-state index is 12.1. The predicted molar refractivity (Wildman–Crippen MR) is 226 cm³/mol. The predicted octanol–water partition coefficient (Wildman–Crippen LogP) is 14.0. The molecule has 0 radical (unpaired) electrons. The number of carbonyl (C=O) groups is 2. The van der Waals surface area contributed by atoms with Gasteiger partial charge in [-0.3, -0.25) is 9.59 Å². The molecule has 0 amide bonds. The summed E-state index contributed by atoms with van der Waals surface area (Å²) in [6.45, 7) is 7.22. The summed E-state index contributed by atoms with van der Waals surface area (Å²) in [6, 6.07) is 0. The zero-order valence-electron chi connectivity index (χ0n) is 34.7. The first kappa shape index (κ1) is 49.9. The van der Waals surface area contributed by atoms with Crippen molar-refractivity contribution in [2.24, 2.45) is 0 Å². The van der Waals surface area contributed by atoms with Crippen molar-refractivity contribution in [3.63, 3.8) is 0 Å². The Morgan fingerprint density at radius 2 is 0.712 bits per heavy atom. The van der Waals surface area contributed by atoms with Crippen molar-refractivity contribution in [3.8, 4) is 0 Å². The lowest BCUT2D eigenvalue weighted by Gasteiger charge is -2.16. The second-order valence-electron chi connectivity index (χ2n) is 14.8. The number of nitrogens with zero attached hydrogens (tertiary/aromatic N) is 1. The highest BCUT2D eigenvalue weighted by atomic mass is 16.5. The summed E-state index contributed by atoms with van der Waals surface area (Å²) in [4.78, 5) is 26.3. The van der Waals surface area contributed by atoms with Crippen LogP contribution >= 0.6 is 0 Å². The van der Waals surface area contributed by atoms with Crippen molar-refractivity contribution in [1.29, 1.82) is 0 Å². The molecule has 0 aromatic carbocycles. The van der Waals surface area contributed by atoms with Crippen molar-refractivity contribution in [3.05, 3.63) is 48.6 Å². The van der Waals surface area contributed by atoms with Crippen molar-refractivity contribution in [2.45, 2.75) is 206 Å². The smallest absolute Gasteiger partial charge is 0.305 e. The van der Waals surface area contributed by atoms with Crippen LogP contribution in [0.2, 0.25) is 0 Å². The molecule has 5 nitrogen and oxygen atoms in total. The molecule has 0 aliphatic carbocycles. The van der Waals surface area contributed by atoms with Gasteiger partial charge in [-0.15, -0.1) is 0 Å². The number of hydrogen-bond acceptors (Lipinski definition) is 5. The van der Waals surface area contributed by atoms with Gasteiger partial charge < -0.3 is 14.4 Å². The van der Waals surface area contributed by atoms with Crippen LogP contribution < -0.4 is 0 Å². The average molecular weight is 728 g/mol. The number of unbranched alkanes of at least 4 members (excludes halogenated alkanes) is 20. The highest BCUT2D eigenvalue weighted by Gasteiger charge is 2.06. The minimum Gasteiger partial charge on any atom is -0.466 e. The lowest BCUT2D eigenvalue weighted by Crippen LogP contribution is -2.23. The molecule has 302 valence electrons. The van der Waals surface area contributed by atoms with Crippen molar-refractivity contribution < 1.29 is 19.1 Å². The lowest BCUT2D eigenvalue weighted by atomic mass is 10.1. The third-order valence-corrected chi connectivity index (χ3v) is 9.56. The van der Waals surface area contributed by atoms with E-state index in [9.17, 15) is 9.59 Å². The van der Waals surface area contributed by atoms with E-state index < -0.39 is 0 Å². The lowest BCUT2D eigenvalue weighted by molar-refractivity contribution is -0.144. The Labute approximate surface area is 323 Å². The molecule has 0 aliphatic heterocycles. The van der Waals surface area contributed by atoms with E-state index in [1.165, 1.54) is 128 Å². The molecule has 0 saturated carbocycles. The van der Waals surface area contributed by atoms with Crippen LogP contribution in [0.1, 0.15) is 206 Å².